The summed E-state index contributed by atoms with van der Waals surface area (Å²) < 4.78 is 2.24. The summed E-state index contributed by atoms with van der Waals surface area (Å²) in [6, 6.07) is 0.534. The van der Waals surface area contributed by atoms with Gasteiger partial charge in [-0.25, -0.2) is 4.98 Å². The zero-order chi connectivity index (χ0) is 10.4. The van der Waals surface area contributed by atoms with Gasteiger partial charge in [-0.2, -0.15) is 11.8 Å². The van der Waals surface area contributed by atoms with Crippen LogP contribution in [-0.4, -0.2) is 28.1 Å². The number of hydrogen-bond donors (Lipinski definition) is 1. The van der Waals surface area contributed by atoms with Gasteiger partial charge in [-0.05, 0) is 31.9 Å². The average molecular weight is 213 g/mol. The van der Waals surface area contributed by atoms with Crippen LogP contribution in [0.25, 0.3) is 0 Å². The first kappa shape index (κ1) is 11.6. The first-order chi connectivity index (χ1) is 6.79. The quantitative estimate of drug-likeness (QED) is 0.782. The number of hydrogen-bond acceptors (Lipinski definition) is 3. The highest BCUT2D eigenvalue weighted by atomic mass is 32.2. The van der Waals surface area contributed by atoms with E-state index in [1.54, 1.807) is 0 Å². The average Bonchev–Trinajstić information content (AvgIpc) is 2.63. The third-order valence-electron chi connectivity index (χ3n) is 2.36. The molecule has 0 aromatic carbocycles. The molecular formula is C10H19N3S. The van der Waals surface area contributed by atoms with Crippen LogP contribution >= 0.6 is 11.8 Å². The fourth-order valence-corrected chi connectivity index (χ4v) is 2.07. The van der Waals surface area contributed by atoms with E-state index in [1.165, 1.54) is 17.9 Å². The van der Waals surface area contributed by atoms with Crippen LogP contribution in [-0.2, 0) is 6.42 Å². The lowest BCUT2D eigenvalue weighted by Gasteiger charge is -2.15. The van der Waals surface area contributed by atoms with Gasteiger partial charge in [0.15, 0.2) is 0 Å². The predicted octanol–water partition coefficient (Wildman–Crippen LogP) is 1.70. The molecule has 1 aromatic heterocycles. The number of nitrogens with zero attached hydrogens (tertiary/aromatic N) is 2. The molecule has 0 bridgehead atoms. The molecule has 0 spiro atoms. The van der Waals surface area contributed by atoms with E-state index in [4.69, 9.17) is 5.73 Å². The molecule has 1 aromatic rings. The maximum atomic E-state index is 5.54. The van der Waals surface area contributed by atoms with E-state index < -0.39 is 0 Å². The van der Waals surface area contributed by atoms with Gasteiger partial charge in [0.1, 0.15) is 0 Å². The van der Waals surface area contributed by atoms with E-state index in [0.29, 0.717) is 12.6 Å². The largest absolute Gasteiger partial charge is 0.332 e. The molecule has 80 valence electrons. The summed E-state index contributed by atoms with van der Waals surface area (Å²) in [5.41, 5.74) is 6.79. The Morgan fingerprint density at radius 2 is 2.43 bits per heavy atom. The van der Waals surface area contributed by atoms with Crippen LogP contribution in [0.1, 0.15) is 25.1 Å². The maximum Gasteiger partial charge on any atom is 0.0950 e. The van der Waals surface area contributed by atoms with Crippen LogP contribution in [0.2, 0.25) is 0 Å². The topological polar surface area (TPSA) is 43.8 Å². The van der Waals surface area contributed by atoms with E-state index in [1.807, 2.05) is 24.3 Å². The van der Waals surface area contributed by atoms with Crippen molar-refractivity contribution in [2.24, 2.45) is 5.73 Å². The summed E-state index contributed by atoms with van der Waals surface area (Å²) in [5.74, 6) is 1.20. The summed E-state index contributed by atoms with van der Waals surface area (Å²) >= 11 is 1.89. The Bertz CT molecular complexity index is 260. The minimum absolute atomic E-state index is 0.534. The zero-order valence-corrected chi connectivity index (χ0v) is 9.76. The van der Waals surface area contributed by atoms with Crippen LogP contribution in [0.3, 0.4) is 0 Å². The van der Waals surface area contributed by atoms with Crippen LogP contribution in [0.15, 0.2) is 12.5 Å². The van der Waals surface area contributed by atoms with Gasteiger partial charge in [0.25, 0.3) is 0 Å². The molecule has 0 saturated carbocycles. The molecule has 0 aliphatic heterocycles. The van der Waals surface area contributed by atoms with Crippen LogP contribution < -0.4 is 5.73 Å². The lowest BCUT2D eigenvalue weighted by molar-refractivity contribution is 0.515. The van der Waals surface area contributed by atoms with Gasteiger partial charge < -0.3 is 10.3 Å². The molecule has 14 heavy (non-hydrogen) atoms. The summed E-state index contributed by atoms with van der Waals surface area (Å²) in [6.45, 7) is 2.93. The van der Waals surface area contributed by atoms with E-state index >= 15 is 0 Å². The molecule has 0 fully saturated rings. The van der Waals surface area contributed by atoms with Crippen molar-refractivity contribution < 1.29 is 0 Å². The van der Waals surface area contributed by atoms with Crippen LogP contribution in [0.4, 0.5) is 0 Å². The number of rotatable bonds is 6. The van der Waals surface area contributed by atoms with Crippen molar-refractivity contribution >= 4 is 11.8 Å². The van der Waals surface area contributed by atoms with E-state index in [2.05, 4.69) is 22.7 Å². The summed E-state index contributed by atoms with van der Waals surface area (Å²) in [7, 11) is 0. The third-order valence-corrected chi connectivity index (χ3v) is 3.01. The standard InChI is InChI=1S/C10H19N3S/c1-9(4-6-14-2)13-8-12-7-10(13)3-5-11/h7-9H,3-6,11H2,1-2H3. The first-order valence-electron chi connectivity index (χ1n) is 4.99. The van der Waals surface area contributed by atoms with E-state index in [9.17, 15) is 0 Å². The van der Waals surface area contributed by atoms with Crippen molar-refractivity contribution in [3.05, 3.63) is 18.2 Å². The molecule has 0 saturated heterocycles. The van der Waals surface area contributed by atoms with E-state index in [-0.39, 0.29) is 0 Å². The second-order valence-corrected chi connectivity index (χ2v) is 4.45. The van der Waals surface area contributed by atoms with Gasteiger partial charge in [0, 0.05) is 24.4 Å². The second kappa shape index (κ2) is 6.09. The van der Waals surface area contributed by atoms with E-state index in [0.717, 1.165) is 6.42 Å². The van der Waals surface area contributed by atoms with Crippen molar-refractivity contribution in [3.8, 4) is 0 Å². The Morgan fingerprint density at radius 1 is 1.64 bits per heavy atom. The number of aromatic nitrogens is 2. The van der Waals surface area contributed by atoms with Crippen LogP contribution in [0.5, 0.6) is 0 Å². The highest BCUT2D eigenvalue weighted by Gasteiger charge is 2.07. The Kier molecular flexibility index (Phi) is 5.04. The van der Waals surface area contributed by atoms with Gasteiger partial charge in [-0.15, -0.1) is 0 Å². The number of thioether (sulfide) groups is 1. The molecule has 0 aliphatic rings. The van der Waals surface area contributed by atoms with Gasteiger partial charge in [0.2, 0.25) is 0 Å². The SMILES string of the molecule is CSCCC(C)n1cncc1CCN. The Hall–Kier alpha value is -0.480. The van der Waals surface area contributed by atoms with Crippen molar-refractivity contribution in [2.45, 2.75) is 25.8 Å². The summed E-state index contributed by atoms with van der Waals surface area (Å²) in [6.07, 6.45) is 8.08. The van der Waals surface area contributed by atoms with Gasteiger partial charge in [-0.3, -0.25) is 0 Å². The van der Waals surface area contributed by atoms with Crippen molar-refractivity contribution in [2.75, 3.05) is 18.6 Å². The first-order valence-corrected chi connectivity index (χ1v) is 6.38. The molecule has 2 N–H and O–H groups in total. The molecule has 1 heterocycles. The smallest absolute Gasteiger partial charge is 0.0950 e. The molecule has 0 amide bonds. The minimum atomic E-state index is 0.534. The monoisotopic (exact) mass is 213 g/mol. The second-order valence-electron chi connectivity index (χ2n) is 3.46. The van der Waals surface area contributed by atoms with Crippen molar-refractivity contribution in [1.82, 2.24) is 9.55 Å². The highest BCUT2D eigenvalue weighted by Crippen LogP contribution is 2.15. The normalized spacial score (nSPS) is 13.1. The zero-order valence-electron chi connectivity index (χ0n) is 8.94. The molecule has 3 nitrogen and oxygen atoms in total. The van der Waals surface area contributed by atoms with Crippen molar-refractivity contribution in [1.29, 1.82) is 0 Å². The molecule has 4 heteroatoms. The summed E-state index contributed by atoms with van der Waals surface area (Å²) in [5, 5.41) is 0. The van der Waals surface area contributed by atoms with Crippen molar-refractivity contribution in [3.63, 3.8) is 0 Å². The molecule has 1 rings (SSSR count). The predicted molar refractivity (Wildman–Crippen MR) is 62.7 cm³/mol. The van der Waals surface area contributed by atoms with Gasteiger partial charge in [-0.1, -0.05) is 0 Å². The molecule has 0 aliphatic carbocycles. The highest BCUT2D eigenvalue weighted by molar-refractivity contribution is 7.98. The fourth-order valence-electron chi connectivity index (χ4n) is 1.50. The van der Waals surface area contributed by atoms with Crippen LogP contribution in [0, 0.1) is 0 Å². The lowest BCUT2D eigenvalue weighted by Crippen LogP contribution is -2.12. The summed E-state index contributed by atoms with van der Waals surface area (Å²) in [4.78, 5) is 4.17. The maximum absolute atomic E-state index is 5.54. The Balaban J connectivity index is 2.58. The number of imidazole rings is 1. The minimum Gasteiger partial charge on any atom is -0.332 e. The molecular weight excluding hydrogens is 194 g/mol. The van der Waals surface area contributed by atoms with Gasteiger partial charge >= 0.3 is 0 Å². The number of nitrogens with two attached hydrogens (primary N) is 1. The Morgan fingerprint density at radius 3 is 3.07 bits per heavy atom. The third kappa shape index (κ3) is 3.03. The molecule has 1 unspecified atom stereocenters. The lowest BCUT2D eigenvalue weighted by atomic mass is 10.2. The fraction of sp³-hybridized carbons (Fsp3) is 0.700. The van der Waals surface area contributed by atoms with Gasteiger partial charge in [0.05, 0.1) is 6.33 Å². The molecule has 1 atom stereocenters. The Labute approximate surface area is 90.1 Å². The molecule has 0 radical (unpaired) electrons.